The Morgan fingerprint density at radius 2 is 1.87 bits per heavy atom. The summed E-state index contributed by atoms with van der Waals surface area (Å²) in [7, 11) is -3.71. The normalized spacial score (nSPS) is 14.3. The van der Waals surface area contributed by atoms with Crippen molar-refractivity contribution >= 4 is 48.0 Å². The summed E-state index contributed by atoms with van der Waals surface area (Å²) in [5.41, 5.74) is 0.679. The fraction of sp³-hybridized carbons (Fsp3) is 0.238. The van der Waals surface area contributed by atoms with Crippen molar-refractivity contribution < 1.29 is 8.42 Å². The molecule has 0 spiro atoms. The molecule has 2 heterocycles. The number of nitrogens with zero attached hydrogens (tertiary/aromatic N) is 2. The van der Waals surface area contributed by atoms with Crippen molar-refractivity contribution in [2.45, 2.75) is 24.2 Å². The maximum Gasteiger partial charge on any atom is 0.323 e. The summed E-state index contributed by atoms with van der Waals surface area (Å²) in [6, 6.07) is 16.4. The van der Waals surface area contributed by atoms with Crippen molar-refractivity contribution in [3.63, 3.8) is 0 Å². The van der Waals surface area contributed by atoms with Crippen LogP contribution in [0.25, 0.3) is 21.5 Å². The van der Waals surface area contributed by atoms with Gasteiger partial charge in [-0.15, -0.1) is 11.3 Å². The van der Waals surface area contributed by atoms with Crippen molar-refractivity contribution in [2.24, 2.45) is 5.92 Å². The van der Waals surface area contributed by atoms with Gasteiger partial charge in [0.1, 0.15) is 5.00 Å². The zero-order valence-electron chi connectivity index (χ0n) is 15.9. The fourth-order valence-electron chi connectivity index (χ4n) is 3.41. The van der Waals surface area contributed by atoms with Crippen molar-refractivity contribution in [2.75, 3.05) is 10.8 Å². The van der Waals surface area contributed by atoms with Gasteiger partial charge in [-0.25, -0.2) is 8.42 Å². The maximum atomic E-state index is 13.6. The number of fused-ring (bicyclic) bond motifs is 1. The van der Waals surface area contributed by atoms with Gasteiger partial charge >= 0.3 is 4.87 Å². The fourth-order valence-corrected chi connectivity index (χ4v) is 6.65. The van der Waals surface area contributed by atoms with Crippen molar-refractivity contribution in [1.29, 1.82) is 0 Å². The summed E-state index contributed by atoms with van der Waals surface area (Å²) in [6.07, 6.45) is 3.23. The van der Waals surface area contributed by atoms with Crippen LogP contribution in [0.5, 0.6) is 0 Å². The average molecular weight is 458 g/mol. The molecule has 30 heavy (non-hydrogen) atoms. The van der Waals surface area contributed by atoms with Crippen LogP contribution >= 0.6 is 22.9 Å². The first-order valence-corrected chi connectivity index (χ1v) is 12.7. The lowest BCUT2D eigenvalue weighted by Crippen LogP contribution is -2.31. The number of aromatic amines is 1. The minimum Gasteiger partial charge on any atom is -0.296 e. The third kappa shape index (κ3) is 3.80. The van der Waals surface area contributed by atoms with Crippen molar-refractivity contribution in [3.8, 4) is 11.4 Å². The zero-order valence-corrected chi connectivity index (χ0v) is 18.4. The van der Waals surface area contributed by atoms with Gasteiger partial charge in [-0.05, 0) is 54.1 Å². The molecule has 4 aromatic rings. The zero-order chi connectivity index (χ0) is 20.7. The number of rotatable bonds is 7. The molecular formula is C21H19N3O3S3. The molecule has 1 saturated carbocycles. The molecule has 2 aromatic carbocycles. The number of aromatic nitrogens is 2. The molecule has 0 aliphatic heterocycles. The number of anilines is 1. The second-order valence-corrected chi connectivity index (χ2v) is 11.1. The molecule has 9 heteroatoms. The Bertz CT molecular complexity index is 1320. The Balaban J connectivity index is 1.50. The molecule has 2 aromatic heterocycles. The quantitative estimate of drug-likeness (QED) is 0.436. The molecule has 0 saturated heterocycles. The number of benzene rings is 2. The van der Waals surface area contributed by atoms with Gasteiger partial charge in [0.2, 0.25) is 0 Å². The van der Waals surface area contributed by atoms with E-state index in [0.29, 0.717) is 23.9 Å². The molecule has 0 radical (unpaired) electrons. The first kappa shape index (κ1) is 19.5. The van der Waals surface area contributed by atoms with E-state index >= 15 is 0 Å². The van der Waals surface area contributed by atoms with Gasteiger partial charge in [0.05, 0.1) is 4.90 Å². The van der Waals surface area contributed by atoms with Gasteiger partial charge in [0.25, 0.3) is 10.0 Å². The van der Waals surface area contributed by atoms with Crippen LogP contribution in [0.1, 0.15) is 19.3 Å². The average Bonchev–Trinajstić information content (AvgIpc) is 3.30. The molecule has 5 rings (SSSR count). The molecule has 0 bridgehead atoms. The highest BCUT2D eigenvalue weighted by Gasteiger charge is 2.29. The summed E-state index contributed by atoms with van der Waals surface area (Å²) < 4.78 is 33.8. The monoisotopic (exact) mass is 457 g/mol. The third-order valence-corrected chi connectivity index (χ3v) is 8.88. The van der Waals surface area contributed by atoms with Crippen LogP contribution in [-0.4, -0.2) is 24.3 Å². The Morgan fingerprint density at radius 3 is 2.53 bits per heavy atom. The molecule has 1 fully saturated rings. The molecule has 0 unspecified atom stereocenters. The smallest absolute Gasteiger partial charge is 0.296 e. The van der Waals surface area contributed by atoms with E-state index in [0.717, 1.165) is 33.0 Å². The third-order valence-electron chi connectivity index (χ3n) is 5.25. The van der Waals surface area contributed by atoms with Crippen LogP contribution < -0.4 is 9.18 Å². The summed E-state index contributed by atoms with van der Waals surface area (Å²) in [5.74, 6) is 1.07. The van der Waals surface area contributed by atoms with E-state index in [1.165, 1.54) is 24.2 Å². The predicted molar refractivity (Wildman–Crippen MR) is 122 cm³/mol. The SMILES string of the molecule is O=c1[nH]c(-c2ccc(S(=O)(=O)N(CCC3CC3)c3cc4ccccc4s3)cc2)ns1. The van der Waals surface area contributed by atoms with E-state index in [1.54, 1.807) is 28.6 Å². The van der Waals surface area contributed by atoms with Crippen LogP contribution in [-0.2, 0) is 10.0 Å². The molecule has 6 nitrogen and oxygen atoms in total. The van der Waals surface area contributed by atoms with E-state index < -0.39 is 10.0 Å². The number of thiophene rings is 1. The Labute approximate surface area is 182 Å². The number of H-pyrrole nitrogens is 1. The van der Waals surface area contributed by atoms with Crippen LogP contribution in [0.3, 0.4) is 0 Å². The number of sulfonamides is 1. The Kier molecular flexibility index (Phi) is 4.96. The standard InChI is InChI=1S/C21H19N3O3S3/c25-21-22-20(23-29-21)15-7-9-17(10-8-15)30(26,27)24(12-11-14-5-6-14)19-13-16-3-1-2-4-18(16)28-19/h1-4,7-10,13-14H,5-6,11-12H2,(H,22,23,25). The van der Waals surface area contributed by atoms with Crippen LogP contribution in [0.15, 0.2) is 64.3 Å². The summed E-state index contributed by atoms with van der Waals surface area (Å²) >= 11 is 2.34. The minimum atomic E-state index is -3.71. The summed E-state index contributed by atoms with van der Waals surface area (Å²) in [4.78, 5) is 14.0. The van der Waals surface area contributed by atoms with Crippen LogP contribution in [0.4, 0.5) is 5.00 Å². The number of hydrogen-bond acceptors (Lipinski definition) is 6. The molecule has 1 aliphatic carbocycles. The van der Waals surface area contributed by atoms with E-state index in [-0.39, 0.29) is 9.77 Å². The number of nitrogens with one attached hydrogen (secondary N) is 1. The van der Waals surface area contributed by atoms with E-state index in [4.69, 9.17) is 0 Å². The number of hydrogen-bond donors (Lipinski definition) is 1. The lowest BCUT2D eigenvalue weighted by Gasteiger charge is -2.23. The molecule has 154 valence electrons. The Morgan fingerprint density at radius 1 is 1.10 bits per heavy atom. The molecule has 1 aliphatic rings. The summed E-state index contributed by atoms with van der Waals surface area (Å²) in [5, 5.41) is 1.79. The van der Waals surface area contributed by atoms with Gasteiger partial charge in [-0.1, -0.05) is 31.0 Å². The second kappa shape index (κ2) is 7.64. The van der Waals surface area contributed by atoms with Gasteiger partial charge in [-0.2, -0.15) is 4.37 Å². The Hall–Kier alpha value is -2.49. The van der Waals surface area contributed by atoms with Gasteiger partial charge in [-0.3, -0.25) is 14.1 Å². The molecule has 0 amide bonds. The van der Waals surface area contributed by atoms with Crippen LogP contribution in [0.2, 0.25) is 0 Å². The molecule has 0 atom stereocenters. The second-order valence-electron chi connectivity index (χ2n) is 7.40. The largest absolute Gasteiger partial charge is 0.323 e. The van der Waals surface area contributed by atoms with Gasteiger partial charge in [0.15, 0.2) is 5.82 Å². The highest BCUT2D eigenvalue weighted by Crippen LogP contribution is 2.38. The lowest BCUT2D eigenvalue weighted by atomic mass is 10.2. The summed E-state index contributed by atoms with van der Waals surface area (Å²) in [6.45, 7) is 0.473. The topological polar surface area (TPSA) is 83.1 Å². The van der Waals surface area contributed by atoms with Crippen molar-refractivity contribution in [3.05, 3.63) is 64.3 Å². The highest BCUT2D eigenvalue weighted by atomic mass is 32.2. The van der Waals surface area contributed by atoms with E-state index in [1.807, 2.05) is 30.3 Å². The molecular weight excluding hydrogens is 438 g/mol. The molecule has 1 N–H and O–H groups in total. The van der Waals surface area contributed by atoms with Gasteiger partial charge in [0, 0.05) is 28.3 Å². The first-order chi connectivity index (χ1) is 14.5. The highest BCUT2D eigenvalue weighted by molar-refractivity contribution is 7.93. The minimum absolute atomic E-state index is 0.233. The van der Waals surface area contributed by atoms with E-state index in [9.17, 15) is 13.2 Å². The lowest BCUT2D eigenvalue weighted by molar-refractivity contribution is 0.587. The first-order valence-electron chi connectivity index (χ1n) is 9.68. The van der Waals surface area contributed by atoms with E-state index in [2.05, 4.69) is 9.36 Å². The van der Waals surface area contributed by atoms with Crippen LogP contribution in [0, 0.1) is 5.92 Å². The predicted octanol–water partition coefficient (Wildman–Crippen LogP) is 4.71. The van der Waals surface area contributed by atoms with Gasteiger partial charge < -0.3 is 0 Å². The van der Waals surface area contributed by atoms with Crippen molar-refractivity contribution in [1.82, 2.24) is 9.36 Å². The maximum absolute atomic E-state index is 13.6.